The summed E-state index contributed by atoms with van der Waals surface area (Å²) in [5, 5.41) is 4.22. The molecule has 1 aromatic heterocycles. The molecule has 1 saturated heterocycles. The van der Waals surface area contributed by atoms with Crippen molar-refractivity contribution in [2.45, 2.75) is 24.8 Å². The van der Waals surface area contributed by atoms with Crippen molar-refractivity contribution in [3.8, 4) is 0 Å². The van der Waals surface area contributed by atoms with Gasteiger partial charge in [-0.05, 0) is 37.1 Å². The van der Waals surface area contributed by atoms with E-state index in [2.05, 4.69) is 10.00 Å². The summed E-state index contributed by atoms with van der Waals surface area (Å²) in [6.45, 7) is 6.08. The maximum Gasteiger partial charge on any atom is 0.179 e. The van der Waals surface area contributed by atoms with E-state index in [1.165, 1.54) is 0 Å². The van der Waals surface area contributed by atoms with Gasteiger partial charge in [-0.15, -0.1) is 0 Å². The van der Waals surface area contributed by atoms with E-state index in [0.29, 0.717) is 17.5 Å². The van der Waals surface area contributed by atoms with Crippen LogP contribution in [-0.2, 0) is 9.84 Å². The summed E-state index contributed by atoms with van der Waals surface area (Å²) in [5.74, 6) is 0.170. The monoisotopic (exact) mass is 319 g/mol. The van der Waals surface area contributed by atoms with Gasteiger partial charge in [0.05, 0.1) is 16.7 Å². The van der Waals surface area contributed by atoms with Crippen molar-refractivity contribution in [1.82, 2.24) is 14.7 Å². The molecule has 22 heavy (non-hydrogen) atoms. The van der Waals surface area contributed by atoms with Crippen LogP contribution in [0.1, 0.15) is 17.2 Å². The van der Waals surface area contributed by atoms with Crippen LogP contribution in [0.2, 0.25) is 0 Å². The lowest BCUT2D eigenvalue weighted by Crippen LogP contribution is -2.49. The normalized spacial score (nSPS) is 16.6. The Morgan fingerprint density at radius 3 is 2.73 bits per heavy atom. The molecule has 3 rings (SSSR count). The fraction of sp³-hybridized carbons (Fsp3) is 0.438. The summed E-state index contributed by atoms with van der Waals surface area (Å²) in [6, 6.07) is 7.87. The Morgan fingerprint density at radius 2 is 2.05 bits per heavy atom. The SMILES string of the molecule is Cc1ccc(C)c(S(=O)(=O)CCN2CC(n3cccn3)C2)c1. The molecule has 0 amide bonds. The number of aryl methyl sites for hydroxylation is 2. The summed E-state index contributed by atoms with van der Waals surface area (Å²) >= 11 is 0. The number of hydrogen-bond donors (Lipinski definition) is 0. The average Bonchev–Trinajstić information content (AvgIpc) is 2.93. The van der Waals surface area contributed by atoms with Crippen LogP contribution in [0.4, 0.5) is 0 Å². The smallest absolute Gasteiger partial charge is 0.179 e. The van der Waals surface area contributed by atoms with Crippen LogP contribution in [0.3, 0.4) is 0 Å². The van der Waals surface area contributed by atoms with Crippen LogP contribution < -0.4 is 0 Å². The first-order chi connectivity index (χ1) is 10.5. The number of sulfone groups is 1. The Kier molecular flexibility index (Phi) is 4.06. The van der Waals surface area contributed by atoms with E-state index in [-0.39, 0.29) is 5.75 Å². The van der Waals surface area contributed by atoms with Crippen LogP contribution in [0.5, 0.6) is 0 Å². The zero-order chi connectivity index (χ0) is 15.7. The van der Waals surface area contributed by atoms with Crippen molar-refractivity contribution in [3.63, 3.8) is 0 Å². The fourth-order valence-corrected chi connectivity index (χ4v) is 4.43. The molecule has 118 valence electrons. The van der Waals surface area contributed by atoms with E-state index in [4.69, 9.17) is 0 Å². The quantitative estimate of drug-likeness (QED) is 0.844. The number of benzene rings is 1. The molecule has 0 spiro atoms. The Morgan fingerprint density at radius 1 is 1.27 bits per heavy atom. The molecule has 0 bridgehead atoms. The molecule has 1 aliphatic heterocycles. The van der Waals surface area contributed by atoms with Gasteiger partial charge in [0.25, 0.3) is 0 Å². The van der Waals surface area contributed by atoms with Gasteiger partial charge in [-0.25, -0.2) is 8.42 Å². The highest BCUT2D eigenvalue weighted by Gasteiger charge is 2.29. The largest absolute Gasteiger partial charge is 0.298 e. The van der Waals surface area contributed by atoms with Crippen LogP contribution in [0.15, 0.2) is 41.6 Å². The van der Waals surface area contributed by atoms with E-state index in [0.717, 1.165) is 24.2 Å². The Bertz CT molecular complexity index is 748. The standard InChI is InChI=1S/C16H21N3O2S/c1-13-4-5-14(2)16(10-13)22(20,21)9-8-18-11-15(12-18)19-7-3-6-17-19/h3-7,10,15H,8-9,11-12H2,1-2H3. The lowest BCUT2D eigenvalue weighted by molar-refractivity contribution is 0.106. The van der Waals surface area contributed by atoms with Gasteiger partial charge in [0.1, 0.15) is 0 Å². The Hall–Kier alpha value is -1.66. The zero-order valence-electron chi connectivity index (χ0n) is 12.9. The molecular weight excluding hydrogens is 298 g/mol. The van der Waals surface area contributed by atoms with Gasteiger partial charge in [-0.2, -0.15) is 5.10 Å². The van der Waals surface area contributed by atoms with Crippen LogP contribution in [0, 0.1) is 13.8 Å². The summed E-state index contributed by atoms with van der Waals surface area (Å²) in [7, 11) is -3.22. The highest BCUT2D eigenvalue weighted by Crippen LogP contribution is 2.22. The van der Waals surface area contributed by atoms with Crippen molar-refractivity contribution < 1.29 is 8.42 Å². The van der Waals surface area contributed by atoms with E-state index in [9.17, 15) is 8.42 Å². The predicted molar refractivity (Wildman–Crippen MR) is 85.7 cm³/mol. The van der Waals surface area contributed by atoms with Crippen LogP contribution in [0.25, 0.3) is 0 Å². The first kappa shape index (κ1) is 15.2. The van der Waals surface area contributed by atoms with E-state index in [1.807, 2.05) is 42.9 Å². The van der Waals surface area contributed by atoms with Crippen molar-refractivity contribution in [1.29, 1.82) is 0 Å². The fourth-order valence-electron chi connectivity index (χ4n) is 2.79. The van der Waals surface area contributed by atoms with Gasteiger partial charge in [0, 0.05) is 32.0 Å². The first-order valence-corrected chi connectivity index (χ1v) is 9.12. The minimum Gasteiger partial charge on any atom is -0.298 e. The number of nitrogens with zero attached hydrogens (tertiary/aromatic N) is 3. The van der Waals surface area contributed by atoms with E-state index in [1.54, 1.807) is 12.3 Å². The molecule has 0 saturated carbocycles. The molecule has 0 unspecified atom stereocenters. The number of likely N-dealkylation sites (tertiary alicyclic amines) is 1. The van der Waals surface area contributed by atoms with Crippen LogP contribution >= 0.6 is 0 Å². The predicted octanol–water partition coefficient (Wildman–Crippen LogP) is 1.83. The molecule has 1 fully saturated rings. The molecule has 1 aromatic carbocycles. The Balaban J connectivity index is 1.59. The first-order valence-electron chi connectivity index (χ1n) is 7.47. The Labute approximate surface area is 131 Å². The third kappa shape index (κ3) is 3.08. The third-order valence-electron chi connectivity index (χ3n) is 4.19. The zero-order valence-corrected chi connectivity index (χ0v) is 13.8. The van der Waals surface area contributed by atoms with Crippen molar-refractivity contribution in [2.24, 2.45) is 0 Å². The average molecular weight is 319 g/mol. The van der Waals surface area contributed by atoms with Gasteiger partial charge < -0.3 is 0 Å². The van der Waals surface area contributed by atoms with E-state index >= 15 is 0 Å². The van der Waals surface area contributed by atoms with Crippen molar-refractivity contribution in [2.75, 3.05) is 25.4 Å². The maximum atomic E-state index is 12.5. The second kappa shape index (κ2) is 5.85. The molecule has 2 heterocycles. The van der Waals surface area contributed by atoms with Crippen LogP contribution in [-0.4, -0.2) is 48.5 Å². The molecule has 1 aliphatic rings. The molecule has 0 radical (unpaired) electrons. The number of hydrogen-bond acceptors (Lipinski definition) is 4. The lowest BCUT2D eigenvalue weighted by Gasteiger charge is -2.39. The minimum absolute atomic E-state index is 0.170. The van der Waals surface area contributed by atoms with Gasteiger partial charge in [0.2, 0.25) is 0 Å². The van der Waals surface area contributed by atoms with E-state index < -0.39 is 9.84 Å². The number of rotatable bonds is 5. The van der Waals surface area contributed by atoms with Gasteiger partial charge in [0.15, 0.2) is 9.84 Å². The van der Waals surface area contributed by atoms with Gasteiger partial charge in [-0.3, -0.25) is 9.58 Å². The second-order valence-corrected chi connectivity index (χ2v) is 8.06. The minimum atomic E-state index is -3.22. The van der Waals surface area contributed by atoms with Gasteiger partial charge >= 0.3 is 0 Å². The summed E-state index contributed by atoms with van der Waals surface area (Å²) in [4.78, 5) is 2.63. The summed E-state index contributed by atoms with van der Waals surface area (Å²) in [6.07, 6.45) is 3.72. The molecule has 2 aromatic rings. The highest BCUT2D eigenvalue weighted by molar-refractivity contribution is 7.91. The summed E-state index contributed by atoms with van der Waals surface area (Å²) < 4.78 is 27.0. The molecule has 0 N–H and O–H groups in total. The third-order valence-corrected chi connectivity index (χ3v) is 6.02. The second-order valence-electron chi connectivity index (χ2n) is 5.99. The molecule has 6 heteroatoms. The van der Waals surface area contributed by atoms with Crippen molar-refractivity contribution >= 4 is 9.84 Å². The summed E-state index contributed by atoms with van der Waals surface area (Å²) in [5.41, 5.74) is 1.80. The van der Waals surface area contributed by atoms with Gasteiger partial charge in [-0.1, -0.05) is 12.1 Å². The molecular formula is C16H21N3O2S. The van der Waals surface area contributed by atoms with Crippen molar-refractivity contribution in [3.05, 3.63) is 47.8 Å². The lowest BCUT2D eigenvalue weighted by atomic mass is 10.1. The maximum absolute atomic E-state index is 12.5. The highest BCUT2D eigenvalue weighted by atomic mass is 32.2. The molecule has 0 aliphatic carbocycles. The molecule has 5 nitrogen and oxygen atoms in total. The molecule has 0 atom stereocenters. The number of aromatic nitrogens is 2. The topological polar surface area (TPSA) is 55.2 Å².